The van der Waals surface area contributed by atoms with Crippen molar-refractivity contribution in [2.75, 3.05) is 0 Å². The number of fused-ring (bicyclic) bond motifs is 7. The first-order valence-electron chi connectivity index (χ1n) is 7.50. The Hall–Kier alpha value is -2.93. The van der Waals surface area contributed by atoms with Gasteiger partial charge in [-0.1, -0.05) is 54.6 Å². The molecule has 0 atom stereocenters. The van der Waals surface area contributed by atoms with Gasteiger partial charge in [-0.25, -0.2) is 0 Å². The quantitative estimate of drug-likeness (QED) is 0.262. The van der Waals surface area contributed by atoms with E-state index in [1.807, 2.05) is 12.3 Å². The molecule has 0 saturated carbocycles. The summed E-state index contributed by atoms with van der Waals surface area (Å²) in [5, 5.41) is 8.85. The molecule has 0 aliphatic rings. The molecule has 102 valence electrons. The monoisotopic (exact) mass is 279 g/mol. The van der Waals surface area contributed by atoms with E-state index in [2.05, 4.69) is 71.7 Å². The van der Waals surface area contributed by atoms with Crippen LogP contribution in [0.5, 0.6) is 0 Å². The highest BCUT2D eigenvalue weighted by Crippen LogP contribution is 2.35. The van der Waals surface area contributed by atoms with Crippen molar-refractivity contribution in [1.29, 1.82) is 0 Å². The number of pyridine rings is 1. The highest BCUT2D eigenvalue weighted by atomic mass is 14.6. The lowest BCUT2D eigenvalue weighted by atomic mass is 9.94. The Labute approximate surface area is 127 Å². The van der Waals surface area contributed by atoms with Crippen LogP contribution in [0.25, 0.3) is 43.2 Å². The van der Waals surface area contributed by atoms with Crippen molar-refractivity contribution in [1.82, 2.24) is 4.98 Å². The zero-order chi connectivity index (χ0) is 14.5. The molecule has 1 nitrogen and oxygen atoms in total. The number of hydrogen-bond donors (Lipinski definition) is 0. The average molecular weight is 279 g/mol. The third-order valence-corrected chi connectivity index (χ3v) is 4.46. The molecule has 1 heteroatoms. The van der Waals surface area contributed by atoms with E-state index in [4.69, 9.17) is 0 Å². The van der Waals surface area contributed by atoms with Crippen molar-refractivity contribution in [3.8, 4) is 0 Å². The van der Waals surface area contributed by atoms with Gasteiger partial charge in [0.15, 0.2) is 0 Å². The summed E-state index contributed by atoms with van der Waals surface area (Å²) in [6.45, 7) is 0. The Morgan fingerprint density at radius 3 is 1.82 bits per heavy atom. The van der Waals surface area contributed by atoms with Crippen molar-refractivity contribution < 1.29 is 0 Å². The van der Waals surface area contributed by atoms with Crippen molar-refractivity contribution in [2.45, 2.75) is 0 Å². The average Bonchev–Trinajstić information content (AvgIpc) is 2.61. The SMILES string of the molecule is c1ccc2cc3c(cc2c1)c1ccccc1c1ncccc31. The van der Waals surface area contributed by atoms with Gasteiger partial charge >= 0.3 is 0 Å². The standard InChI is InChI=1S/C21H13N/c1-2-7-15-13-20-18-10-5-11-22-21(18)17-9-4-3-8-16(17)19(20)12-14(15)6-1/h1-13H. The fraction of sp³-hybridized carbons (Fsp3) is 0. The molecule has 1 aromatic heterocycles. The molecule has 0 aliphatic heterocycles. The van der Waals surface area contributed by atoms with E-state index in [-0.39, 0.29) is 0 Å². The predicted octanol–water partition coefficient (Wildman–Crippen LogP) is 5.69. The summed E-state index contributed by atoms with van der Waals surface area (Å²) in [5.74, 6) is 0. The maximum absolute atomic E-state index is 4.64. The fourth-order valence-electron chi connectivity index (χ4n) is 3.45. The van der Waals surface area contributed by atoms with Gasteiger partial charge in [-0.05, 0) is 45.1 Å². The third-order valence-electron chi connectivity index (χ3n) is 4.46. The number of nitrogens with zero attached hydrogens (tertiary/aromatic N) is 1. The molecule has 5 rings (SSSR count). The Kier molecular flexibility index (Phi) is 2.28. The van der Waals surface area contributed by atoms with Crippen LogP contribution in [0, 0.1) is 0 Å². The van der Waals surface area contributed by atoms with Crippen molar-refractivity contribution >= 4 is 43.2 Å². The fourth-order valence-corrected chi connectivity index (χ4v) is 3.45. The smallest absolute Gasteiger partial charge is 0.0786 e. The number of aromatic nitrogens is 1. The van der Waals surface area contributed by atoms with Crippen LogP contribution >= 0.6 is 0 Å². The minimum absolute atomic E-state index is 1.08. The third kappa shape index (κ3) is 1.51. The Morgan fingerprint density at radius 2 is 1.05 bits per heavy atom. The van der Waals surface area contributed by atoms with Crippen LogP contribution in [0.2, 0.25) is 0 Å². The number of rotatable bonds is 0. The molecular formula is C21H13N. The van der Waals surface area contributed by atoms with E-state index in [0.29, 0.717) is 0 Å². The van der Waals surface area contributed by atoms with Gasteiger partial charge < -0.3 is 0 Å². The Morgan fingerprint density at radius 1 is 0.500 bits per heavy atom. The normalized spacial score (nSPS) is 11.6. The first-order valence-corrected chi connectivity index (χ1v) is 7.50. The lowest BCUT2D eigenvalue weighted by molar-refractivity contribution is 1.43. The maximum atomic E-state index is 4.64. The van der Waals surface area contributed by atoms with Crippen LogP contribution in [0.3, 0.4) is 0 Å². The molecule has 0 bridgehead atoms. The molecule has 0 spiro atoms. The van der Waals surface area contributed by atoms with E-state index in [0.717, 1.165) is 5.52 Å². The number of hydrogen-bond acceptors (Lipinski definition) is 1. The van der Waals surface area contributed by atoms with Crippen LogP contribution in [0.4, 0.5) is 0 Å². The summed E-state index contributed by atoms with van der Waals surface area (Å²) in [5.41, 5.74) is 1.08. The molecule has 0 unspecified atom stereocenters. The number of benzene rings is 4. The van der Waals surface area contributed by atoms with Gasteiger partial charge in [-0.15, -0.1) is 0 Å². The highest BCUT2D eigenvalue weighted by molar-refractivity contribution is 6.26. The molecule has 0 radical (unpaired) electrons. The van der Waals surface area contributed by atoms with E-state index >= 15 is 0 Å². The molecule has 0 aliphatic carbocycles. The molecule has 1 heterocycles. The summed E-state index contributed by atoms with van der Waals surface area (Å²) in [7, 11) is 0. The Balaban J connectivity index is 2.17. The van der Waals surface area contributed by atoms with E-state index < -0.39 is 0 Å². The summed E-state index contributed by atoms with van der Waals surface area (Å²) in [6, 6.07) is 25.9. The lowest BCUT2D eigenvalue weighted by Crippen LogP contribution is -1.86. The van der Waals surface area contributed by atoms with Gasteiger partial charge in [0.05, 0.1) is 5.52 Å². The first kappa shape index (κ1) is 11.7. The van der Waals surface area contributed by atoms with Gasteiger partial charge in [-0.2, -0.15) is 0 Å². The molecule has 5 aromatic rings. The second kappa shape index (κ2) is 4.28. The molecule has 0 saturated heterocycles. The molecule has 4 aromatic carbocycles. The van der Waals surface area contributed by atoms with Gasteiger partial charge in [-0.3, -0.25) is 4.98 Å². The van der Waals surface area contributed by atoms with Crippen LogP contribution in [0.15, 0.2) is 79.0 Å². The zero-order valence-electron chi connectivity index (χ0n) is 12.0. The van der Waals surface area contributed by atoms with E-state index in [1.54, 1.807) is 0 Å². The summed E-state index contributed by atoms with van der Waals surface area (Å²) in [4.78, 5) is 4.64. The highest BCUT2D eigenvalue weighted by Gasteiger charge is 2.09. The summed E-state index contributed by atoms with van der Waals surface area (Å²) < 4.78 is 0. The van der Waals surface area contributed by atoms with Gasteiger partial charge in [0.25, 0.3) is 0 Å². The van der Waals surface area contributed by atoms with Crippen molar-refractivity contribution in [3.05, 3.63) is 79.0 Å². The predicted molar refractivity (Wildman–Crippen MR) is 94.3 cm³/mol. The molecule has 22 heavy (non-hydrogen) atoms. The molecule has 0 N–H and O–H groups in total. The largest absolute Gasteiger partial charge is 0.256 e. The van der Waals surface area contributed by atoms with Gasteiger partial charge in [0.1, 0.15) is 0 Å². The topological polar surface area (TPSA) is 12.9 Å². The lowest BCUT2D eigenvalue weighted by Gasteiger charge is -2.10. The van der Waals surface area contributed by atoms with E-state index in [9.17, 15) is 0 Å². The van der Waals surface area contributed by atoms with E-state index in [1.165, 1.54) is 37.7 Å². The molecule has 0 amide bonds. The van der Waals surface area contributed by atoms with Crippen molar-refractivity contribution in [3.63, 3.8) is 0 Å². The summed E-state index contributed by atoms with van der Waals surface area (Å²) >= 11 is 0. The second-order valence-corrected chi connectivity index (χ2v) is 5.69. The minimum Gasteiger partial charge on any atom is -0.256 e. The minimum atomic E-state index is 1.08. The second-order valence-electron chi connectivity index (χ2n) is 5.69. The van der Waals surface area contributed by atoms with Gasteiger partial charge in [0.2, 0.25) is 0 Å². The van der Waals surface area contributed by atoms with Crippen molar-refractivity contribution in [2.24, 2.45) is 0 Å². The zero-order valence-corrected chi connectivity index (χ0v) is 12.0. The maximum Gasteiger partial charge on any atom is 0.0786 e. The Bertz CT molecular complexity index is 1080. The first-order chi connectivity index (χ1) is 10.9. The molecule has 0 fully saturated rings. The summed E-state index contributed by atoms with van der Waals surface area (Å²) in [6.07, 6.45) is 1.88. The van der Waals surface area contributed by atoms with Crippen LogP contribution < -0.4 is 0 Å². The van der Waals surface area contributed by atoms with Gasteiger partial charge in [0, 0.05) is 17.0 Å². The molecular weight excluding hydrogens is 266 g/mol. The van der Waals surface area contributed by atoms with Crippen LogP contribution in [-0.4, -0.2) is 4.98 Å². The van der Waals surface area contributed by atoms with Crippen LogP contribution in [0.1, 0.15) is 0 Å². The van der Waals surface area contributed by atoms with Crippen LogP contribution in [-0.2, 0) is 0 Å².